The molecule has 0 saturated carbocycles. The van der Waals surface area contributed by atoms with Crippen molar-refractivity contribution in [1.29, 1.82) is 0 Å². The molecule has 7 rings (SSSR count). The lowest BCUT2D eigenvalue weighted by Gasteiger charge is -2.37. The maximum Gasteiger partial charge on any atom is 0.407 e. The molecule has 1 atom stereocenters. The van der Waals surface area contributed by atoms with Crippen LogP contribution in [0, 0.1) is 0 Å². The molecular formula is C46H45N5O7. The molecule has 0 bridgehead atoms. The number of amides is 2. The Morgan fingerprint density at radius 3 is 1.95 bits per heavy atom. The number of carbonyl (C=O) groups excluding carboxylic acids is 3. The van der Waals surface area contributed by atoms with E-state index in [1.165, 1.54) is 16.9 Å². The van der Waals surface area contributed by atoms with E-state index < -0.39 is 24.3 Å². The van der Waals surface area contributed by atoms with Crippen molar-refractivity contribution in [2.24, 2.45) is 4.99 Å². The first-order valence-electron chi connectivity index (χ1n) is 19.0. The standard InChI is InChI=1S/C46H45N5O7/c1-56-35-23-21-34(22-24-35)51(44(32-13-5-3-6-14-32)33-15-7-4-8-16-33)41-25-27-50(45(54)48-41)29-42(52)49(30-43(53)57-2)28-26-47-46(55)58-31-40-38-19-11-9-17-36(38)37-18-10-12-20-39(37)40/h3-25,27,40,44-45,54H,26,28-31H2,1-2H3,(H,47,55). The molecule has 12 nitrogen and oxygen atoms in total. The lowest BCUT2D eigenvalue weighted by atomic mass is 9.96. The number of anilines is 1. The molecule has 1 aliphatic heterocycles. The predicted octanol–water partition coefficient (Wildman–Crippen LogP) is 6.34. The molecule has 0 aromatic heterocycles. The summed E-state index contributed by atoms with van der Waals surface area (Å²) in [6, 6.07) is 43.4. The summed E-state index contributed by atoms with van der Waals surface area (Å²) in [7, 11) is 2.84. The molecule has 2 N–H and O–H groups in total. The minimum Gasteiger partial charge on any atom is -0.497 e. The van der Waals surface area contributed by atoms with Gasteiger partial charge in [0.2, 0.25) is 12.3 Å². The summed E-state index contributed by atoms with van der Waals surface area (Å²) in [5.74, 6) is -0.0741. The van der Waals surface area contributed by atoms with Crippen LogP contribution in [0.5, 0.6) is 5.75 Å². The number of rotatable bonds is 14. The van der Waals surface area contributed by atoms with Gasteiger partial charge in [0.1, 0.15) is 31.3 Å². The van der Waals surface area contributed by atoms with Gasteiger partial charge in [-0.2, -0.15) is 0 Å². The van der Waals surface area contributed by atoms with E-state index in [9.17, 15) is 19.5 Å². The minimum atomic E-state index is -1.43. The van der Waals surface area contributed by atoms with Crippen LogP contribution >= 0.6 is 0 Å². The highest BCUT2D eigenvalue weighted by atomic mass is 16.5. The third-order valence-corrected chi connectivity index (χ3v) is 10.3. The molecule has 0 spiro atoms. The minimum absolute atomic E-state index is 0.0112. The largest absolute Gasteiger partial charge is 0.497 e. The quantitative estimate of drug-likeness (QED) is 0.124. The van der Waals surface area contributed by atoms with Gasteiger partial charge in [0.25, 0.3) is 0 Å². The summed E-state index contributed by atoms with van der Waals surface area (Å²) < 4.78 is 15.9. The van der Waals surface area contributed by atoms with Crippen LogP contribution in [-0.2, 0) is 19.1 Å². The predicted molar refractivity (Wildman–Crippen MR) is 221 cm³/mol. The van der Waals surface area contributed by atoms with Crippen LogP contribution in [0.4, 0.5) is 10.5 Å². The summed E-state index contributed by atoms with van der Waals surface area (Å²) in [5, 5.41) is 14.1. The highest BCUT2D eigenvalue weighted by molar-refractivity contribution is 6.07. The number of methoxy groups -OCH3 is 2. The van der Waals surface area contributed by atoms with Gasteiger partial charge in [-0.1, -0.05) is 109 Å². The average Bonchev–Trinajstić information content (AvgIpc) is 3.59. The van der Waals surface area contributed by atoms with E-state index in [2.05, 4.69) is 22.4 Å². The van der Waals surface area contributed by atoms with Crippen LogP contribution in [0.25, 0.3) is 11.1 Å². The average molecular weight is 780 g/mol. The summed E-state index contributed by atoms with van der Waals surface area (Å²) >= 11 is 0. The number of aliphatic hydroxyl groups excluding tert-OH is 1. The fourth-order valence-corrected chi connectivity index (χ4v) is 7.38. The van der Waals surface area contributed by atoms with E-state index in [-0.39, 0.29) is 44.7 Å². The highest BCUT2D eigenvalue weighted by Gasteiger charge is 2.31. The first-order valence-corrected chi connectivity index (χ1v) is 19.0. The molecule has 5 aromatic rings. The van der Waals surface area contributed by atoms with Gasteiger partial charge in [0.05, 0.1) is 20.3 Å². The Hall–Kier alpha value is -6.92. The number of benzene rings is 5. The van der Waals surface area contributed by atoms with Crippen molar-refractivity contribution in [3.63, 3.8) is 0 Å². The maximum atomic E-state index is 13.7. The van der Waals surface area contributed by atoms with E-state index in [1.807, 2.05) is 126 Å². The second-order valence-corrected chi connectivity index (χ2v) is 13.8. The van der Waals surface area contributed by atoms with Crippen molar-refractivity contribution in [3.05, 3.63) is 168 Å². The molecule has 0 radical (unpaired) electrons. The number of aliphatic imine (C=N–C) groups is 1. The highest BCUT2D eigenvalue weighted by Crippen LogP contribution is 2.44. The van der Waals surface area contributed by atoms with Gasteiger partial charge in [0.15, 0.2) is 0 Å². The van der Waals surface area contributed by atoms with Gasteiger partial charge in [0, 0.05) is 30.9 Å². The van der Waals surface area contributed by atoms with Gasteiger partial charge < -0.3 is 39.3 Å². The smallest absolute Gasteiger partial charge is 0.407 e. The number of alkyl carbamates (subject to hydrolysis) is 1. The Morgan fingerprint density at radius 2 is 1.38 bits per heavy atom. The second kappa shape index (κ2) is 18.4. The van der Waals surface area contributed by atoms with E-state index in [0.717, 1.165) is 39.1 Å². The summed E-state index contributed by atoms with van der Waals surface area (Å²) in [4.78, 5) is 48.3. The lowest BCUT2D eigenvalue weighted by molar-refractivity contribution is -0.147. The summed E-state index contributed by atoms with van der Waals surface area (Å²) in [6.07, 6.45) is 1.27. The number of amidine groups is 1. The first-order chi connectivity index (χ1) is 28.3. The van der Waals surface area contributed by atoms with Crippen molar-refractivity contribution in [1.82, 2.24) is 15.1 Å². The van der Waals surface area contributed by atoms with Crippen molar-refractivity contribution < 1.29 is 33.7 Å². The number of hydrogen-bond donors (Lipinski definition) is 2. The Bertz CT molecular complexity index is 2180. The van der Waals surface area contributed by atoms with E-state index in [4.69, 9.17) is 14.2 Å². The molecule has 58 heavy (non-hydrogen) atoms. The van der Waals surface area contributed by atoms with Crippen LogP contribution in [-0.4, -0.2) is 92.1 Å². The normalized spacial score (nSPS) is 14.2. The molecule has 0 saturated heterocycles. The van der Waals surface area contributed by atoms with Gasteiger partial charge in [-0.05, 0) is 63.7 Å². The molecular weight excluding hydrogens is 735 g/mol. The molecule has 0 fully saturated rings. The topological polar surface area (TPSA) is 133 Å². The summed E-state index contributed by atoms with van der Waals surface area (Å²) in [6.45, 7) is -0.525. The van der Waals surface area contributed by atoms with E-state index in [1.54, 1.807) is 19.4 Å². The number of carbonyl (C=O) groups is 3. The van der Waals surface area contributed by atoms with Gasteiger partial charge in [-0.3, -0.25) is 9.59 Å². The lowest BCUT2D eigenvalue weighted by Crippen LogP contribution is -2.48. The third-order valence-electron chi connectivity index (χ3n) is 10.3. The van der Waals surface area contributed by atoms with E-state index >= 15 is 0 Å². The Labute approximate surface area is 337 Å². The van der Waals surface area contributed by atoms with E-state index in [0.29, 0.717) is 11.6 Å². The van der Waals surface area contributed by atoms with Gasteiger partial charge >= 0.3 is 12.1 Å². The Balaban J connectivity index is 1.02. The Kier molecular flexibility index (Phi) is 12.4. The fraction of sp³-hybridized carbons (Fsp3) is 0.217. The number of ether oxygens (including phenoxy) is 3. The molecule has 1 unspecified atom stereocenters. The zero-order chi connectivity index (χ0) is 40.4. The van der Waals surface area contributed by atoms with Crippen LogP contribution in [0.3, 0.4) is 0 Å². The molecule has 12 heteroatoms. The zero-order valence-electron chi connectivity index (χ0n) is 32.3. The maximum absolute atomic E-state index is 13.7. The summed E-state index contributed by atoms with van der Waals surface area (Å²) in [5.41, 5.74) is 7.23. The second-order valence-electron chi connectivity index (χ2n) is 13.8. The third kappa shape index (κ3) is 8.87. The fourth-order valence-electron chi connectivity index (χ4n) is 7.38. The number of fused-ring (bicyclic) bond motifs is 3. The Morgan fingerprint density at radius 1 is 0.793 bits per heavy atom. The molecule has 1 aliphatic carbocycles. The van der Waals surface area contributed by atoms with Crippen LogP contribution in [0.1, 0.15) is 34.2 Å². The van der Waals surface area contributed by atoms with Crippen molar-refractivity contribution in [2.75, 3.05) is 51.9 Å². The van der Waals surface area contributed by atoms with Crippen LogP contribution in [0.2, 0.25) is 0 Å². The number of esters is 1. The SMILES string of the molecule is COC(=O)CN(CCNC(=O)OCC1c2ccccc2-c2ccccc21)C(=O)CN1C=CC(N(c2ccc(OC)cc2)C(c2ccccc2)c2ccccc2)=NC1O. The van der Waals surface area contributed by atoms with Crippen molar-refractivity contribution in [3.8, 4) is 16.9 Å². The number of aliphatic hydroxyl groups is 1. The molecule has 2 aliphatic rings. The van der Waals surface area contributed by atoms with Gasteiger partial charge in [-0.15, -0.1) is 0 Å². The van der Waals surface area contributed by atoms with Crippen LogP contribution in [0.15, 0.2) is 151 Å². The number of nitrogens with one attached hydrogen (secondary N) is 1. The molecule has 2 amide bonds. The van der Waals surface area contributed by atoms with Crippen molar-refractivity contribution >= 4 is 29.5 Å². The molecule has 5 aromatic carbocycles. The number of hydrogen-bond acceptors (Lipinski definition) is 10. The monoisotopic (exact) mass is 779 g/mol. The van der Waals surface area contributed by atoms with Crippen molar-refractivity contribution in [2.45, 2.75) is 18.3 Å². The van der Waals surface area contributed by atoms with Gasteiger partial charge in [-0.25, -0.2) is 9.79 Å². The molecule has 1 heterocycles. The zero-order valence-corrected chi connectivity index (χ0v) is 32.3. The molecule has 296 valence electrons. The first kappa shape index (κ1) is 39.3. The number of nitrogens with zero attached hydrogens (tertiary/aromatic N) is 4. The van der Waals surface area contributed by atoms with Crippen LogP contribution < -0.4 is 15.0 Å².